The van der Waals surface area contributed by atoms with Crippen LogP contribution in [0.25, 0.3) is 16.9 Å². The summed E-state index contributed by atoms with van der Waals surface area (Å²) in [5.41, 5.74) is 3.24. The highest BCUT2D eigenvalue weighted by Gasteiger charge is 2.21. The van der Waals surface area contributed by atoms with Gasteiger partial charge in [0, 0.05) is 17.3 Å². The predicted molar refractivity (Wildman–Crippen MR) is 109 cm³/mol. The molecule has 0 saturated carbocycles. The van der Waals surface area contributed by atoms with E-state index < -0.39 is 11.6 Å². The Kier molecular flexibility index (Phi) is 4.84. The van der Waals surface area contributed by atoms with Gasteiger partial charge in [-0.1, -0.05) is 25.1 Å². The fourth-order valence-corrected chi connectivity index (χ4v) is 3.21. The molecular formula is C23H19F2N3O. The maximum Gasteiger partial charge on any atom is 0.256 e. The first-order chi connectivity index (χ1) is 14.0. The quantitative estimate of drug-likeness (QED) is 0.506. The van der Waals surface area contributed by atoms with Crippen molar-refractivity contribution in [2.45, 2.75) is 20.3 Å². The third-order valence-electron chi connectivity index (χ3n) is 4.84. The lowest BCUT2D eigenvalue weighted by atomic mass is 10.1. The van der Waals surface area contributed by atoms with E-state index in [0.29, 0.717) is 11.2 Å². The van der Waals surface area contributed by atoms with Crippen molar-refractivity contribution in [3.05, 3.63) is 89.1 Å². The van der Waals surface area contributed by atoms with Crippen molar-refractivity contribution in [1.29, 1.82) is 0 Å². The van der Waals surface area contributed by atoms with Crippen molar-refractivity contribution in [2.24, 2.45) is 0 Å². The standard InChI is InChI=1S/C23H19F2N3O/c1-3-15-7-9-16(10-8-15)23(29)27-22-21(17-5-4-6-18(24)20(17)25)26-19-13-14(2)11-12-28(19)22/h4-13H,3H2,1-2H3,(H,27,29). The van der Waals surface area contributed by atoms with Crippen molar-refractivity contribution < 1.29 is 13.6 Å². The molecule has 0 atom stereocenters. The zero-order valence-electron chi connectivity index (χ0n) is 16.0. The number of nitrogens with zero attached hydrogens (tertiary/aromatic N) is 2. The molecule has 0 saturated heterocycles. The minimum atomic E-state index is -1.00. The third-order valence-corrected chi connectivity index (χ3v) is 4.84. The SMILES string of the molecule is CCc1ccc(C(=O)Nc2c(-c3cccc(F)c3F)nc3cc(C)ccn23)cc1. The predicted octanol–water partition coefficient (Wildman–Crippen LogP) is 5.40. The minimum absolute atomic E-state index is 0.0111. The molecule has 0 aliphatic carbocycles. The van der Waals surface area contributed by atoms with Crippen LogP contribution in [0.4, 0.5) is 14.6 Å². The lowest BCUT2D eigenvalue weighted by Crippen LogP contribution is -2.14. The van der Waals surface area contributed by atoms with Gasteiger partial charge < -0.3 is 5.32 Å². The zero-order chi connectivity index (χ0) is 20.5. The van der Waals surface area contributed by atoms with Crippen LogP contribution < -0.4 is 5.32 Å². The molecule has 4 nitrogen and oxygen atoms in total. The second kappa shape index (κ2) is 7.47. The van der Waals surface area contributed by atoms with Gasteiger partial charge >= 0.3 is 0 Å². The van der Waals surface area contributed by atoms with E-state index in [4.69, 9.17) is 0 Å². The third kappa shape index (κ3) is 3.49. The first-order valence-corrected chi connectivity index (χ1v) is 9.31. The van der Waals surface area contributed by atoms with E-state index in [-0.39, 0.29) is 23.0 Å². The summed E-state index contributed by atoms with van der Waals surface area (Å²) in [6.07, 6.45) is 2.62. The number of hydrogen-bond donors (Lipinski definition) is 1. The maximum absolute atomic E-state index is 14.5. The Bertz CT molecular complexity index is 1210. The van der Waals surface area contributed by atoms with Gasteiger partial charge in [-0.05, 0) is 60.9 Å². The highest BCUT2D eigenvalue weighted by molar-refractivity contribution is 6.05. The number of nitrogens with one attached hydrogen (secondary N) is 1. The van der Waals surface area contributed by atoms with Gasteiger partial charge in [0.2, 0.25) is 0 Å². The number of imidazole rings is 1. The molecule has 0 unspecified atom stereocenters. The van der Waals surface area contributed by atoms with E-state index in [0.717, 1.165) is 23.6 Å². The number of pyridine rings is 1. The molecule has 2 heterocycles. The smallest absolute Gasteiger partial charge is 0.256 e. The van der Waals surface area contributed by atoms with E-state index in [1.54, 1.807) is 22.7 Å². The number of aryl methyl sites for hydroxylation is 2. The summed E-state index contributed by atoms with van der Waals surface area (Å²) < 4.78 is 30.0. The van der Waals surface area contributed by atoms with Gasteiger partial charge in [-0.3, -0.25) is 9.20 Å². The summed E-state index contributed by atoms with van der Waals surface area (Å²) in [4.78, 5) is 17.3. The van der Waals surface area contributed by atoms with Crippen LogP contribution in [0.5, 0.6) is 0 Å². The normalized spacial score (nSPS) is 11.0. The van der Waals surface area contributed by atoms with E-state index in [2.05, 4.69) is 10.3 Å². The number of benzene rings is 2. The van der Waals surface area contributed by atoms with Crippen LogP contribution in [0.2, 0.25) is 0 Å². The fourth-order valence-electron chi connectivity index (χ4n) is 3.21. The summed E-state index contributed by atoms with van der Waals surface area (Å²) >= 11 is 0. The summed E-state index contributed by atoms with van der Waals surface area (Å²) in [7, 11) is 0. The summed E-state index contributed by atoms with van der Waals surface area (Å²) in [6, 6.07) is 14.8. The summed E-state index contributed by atoms with van der Waals surface area (Å²) in [5, 5.41) is 2.82. The first kappa shape index (κ1) is 18.8. The van der Waals surface area contributed by atoms with Crippen LogP contribution in [-0.4, -0.2) is 15.3 Å². The summed E-state index contributed by atoms with van der Waals surface area (Å²) in [5.74, 6) is -2.04. The molecule has 6 heteroatoms. The van der Waals surface area contributed by atoms with E-state index in [1.165, 1.54) is 12.1 Å². The minimum Gasteiger partial charge on any atom is -0.306 e. The van der Waals surface area contributed by atoms with Crippen LogP contribution in [0.1, 0.15) is 28.4 Å². The summed E-state index contributed by atoms with van der Waals surface area (Å²) in [6.45, 7) is 3.94. The van der Waals surface area contributed by atoms with Gasteiger partial charge in [0.1, 0.15) is 17.2 Å². The highest BCUT2D eigenvalue weighted by Crippen LogP contribution is 2.32. The average Bonchev–Trinajstić information content (AvgIpc) is 3.07. The van der Waals surface area contributed by atoms with Crippen molar-refractivity contribution in [3.8, 4) is 11.3 Å². The van der Waals surface area contributed by atoms with Crippen LogP contribution in [0, 0.1) is 18.6 Å². The Labute approximate surface area is 166 Å². The molecule has 4 aromatic rings. The average molecular weight is 391 g/mol. The molecule has 1 amide bonds. The molecule has 29 heavy (non-hydrogen) atoms. The highest BCUT2D eigenvalue weighted by atomic mass is 19.2. The largest absolute Gasteiger partial charge is 0.306 e. The molecule has 0 spiro atoms. The Hall–Kier alpha value is -3.54. The molecule has 0 fully saturated rings. The monoisotopic (exact) mass is 391 g/mol. The molecule has 4 rings (SSSR count). The van der Waals surface area contributed by atoms with Crippen LogP contribution in [0.15, 0.2) is 60.8 Å². The number of carbonyl (C=O) groups excluding carboxylic acids is 1. The van der Waals surface area contributed by atoms with Gasteiger partial charge in [0.05, 0.1) is 0 Å². The molecule has 2 aromatic heterocycles. The lowest BCUT2D eigenvalue weighted by molar-refractivity contribution is 0.102. The Morgan fingerprint density at radius 2 is 1.86 bits per heavy atom. The number of amides is 1. The van der Waals surface area contributed by atoms with E-state index >= 15 is 0 Å². The van der Waals surface area contributed by atoms with Gasteiger partial charge in [-0.2, -0.15) is 0 Å². The molecule has 1 N–H and O–H groups in total. The molecule has 0 aliphatic rings. The van der Waals surface area contributed by atoms with E-state index in [9.17, 15) is 13.6 Å². The van der Waals surface area contributed by atoms with Gasteiger partial charge in [-0.15, -0.1) is 0 Å². The number of aromatic nitrogens is 2. The molecule has 2 aromatic carbocycles. The molecular weight excluding hydrogens is 372 g/mol. The number of halogens is 2. The van der Waals surface area contributed by atoms with Crippen molar-refractivity contribution in [3.63, 3.8) is 0 Å². The number of rotatable bonds is 4. The molecule has 146 valence electrons. The van der Waals surface area contributed by atoms with Crippen LogP contribution >= 0.6 is 0 Å². The number of fused-ring (bicyclic) bond motifs is 1. The number of carbonyl (C=O) groups is 1. The van der Waals surface area contributed by atoms with Crippen LogP contribution in [0.3, 0.4) is 0 Å². The lowest BCUT2D eigenvalue weighted by Gasteiger charge is -2.09. The fraction of sp³-hybridized carbons (Fsp3) is 0.130. The molecule has 0 aliphatic heterocycles. The second-order valence-corrected chi connectivity index (χ2v) is 6.85. The Morgan fingerprint density at radius 3 is 2.59 bits per heavy atom. The topological polar surface area (TPSA) is 46.4 Å². The van der Waals surface area contributed by atoms with Crippen molar-refractivity contribution in [1.82, 2.24) is 9.38 Å². The van der Waals surface area contributed by atoms with Gasteiger partial charge in [0.15, 0.2) is 11.6 Å². The Balaban J connectivity index is 1.83. The van der Waals surface area contributed by atoms with Crippen molar-refractivity contribution >= 4 is 17.4 Å². The number of hydrogen-bond acceptors (Lipinski definition) is 2. The zero-order valence-corrected chi connectivity index (χ0v) is 16.0. The Morgan fingerprint density at radius 1 is 1.10 bits per heavy atom. The number of anilines is 1. The second-order valence-electron chi connectivity index (χ2n) is 6.85. The maximum atomic E-state index is 14.5. The first-order valence-electron chi connectivity index (χ1n) is 9.31. The van der Waals surface area contributed by atoms with Crippen LogP contribution in [-0.2, 0) is 6.42 Å². The van der Waals surface area contributed by atoms with Gasteiger partial charge in [-0.25, -0.2) is 13.8 Å². The van der Waals surface area contributed by atoms with E-state index in [1.807, 2.05) is 38.1 Å². The van der Waals surface area contributed by atoms with Crippen molar-refractivity contribution in [2.75, 3.05) is 5.32 Å². The van der Waals surface area contributed by atoms with Gasteiger partial charge in [0.25, 0.3) is 5.91 Å². The molecule has 0 radical (unpaired) electrons. The molecule has 0 bridgehead atoms.